The maximum atomic E-state index is 4.26. The molecule has 0 amide bonds. The highest BCUT2D eigenvalue weighted by Gasteiger charge is 2.08. The smallest absolute Gasteiger partial charge is 0.209 e. The summed E-state index contributed by atoms with van der Waals surface area (Å²) in [5.41, 5.74) is 0. The molecule has 0 bridgehead atoms. The third-order valence-electron chi connectivity index (χ3n) is 2.32. The number of imidazole rings is 1. The number of tetrazole rings is 1. The number of aryl methyl sites for hydroxylation is 1. The van der Waals surface area contributed by atoms with Crippen LogP contribution < -0.4 is 5.32 Å². The van der Waals surface area contributed by atoms with Crippen molar-refractivity contribution in [1.29, 1.82) is 0 Å². The maximum absolute atomic E-state index is 4.26. The van der Waals surface area contributed by atoms with Gasteiger partial charge in [-0.1, -0.05) is 11.8 Å². The SMILES string of the molecule is CNCCn1nnnc1SCc1nccn1C. The molecular formula is C9H15N7S. The Kier molecular flexibility index (Phi) is 4.10. The average molecular weight is 253 g/mol. The first-order valence-corrected chi connectivity index (χ1v) is 6.29. The van der Waals surface area contributed by atoms with E-state index in [2.05, 4.69) is 25.8 Å². The molecule has 0 saturated carbocycles. The topological polar surface area (TPSA) is 73.5 Å². The van der Waals surface area contributed by atoms with E-state index in [-0.39, 0.29) is 0 Å². The minimum atomic E-state index is 0.767. The Hall–Kier alpha value is -1.41. The van der Waals surface area contributed by atoms with E-state index in [9.17, 15) is 0 Å². The lowest BCUT2D eigenvalue weighted by Crippen LogP contribution is -2.16. The van der Waals surface area contributed by atoms with Crippen molar-refractivity contribution in [2.75, 3.05) is 13.6 Å². The highest BCUT2D eigenvalue weighted by atomic mass is 32.2. The van der Waals surface area contributed by atoms with Gasteiger partial charge in [-0.25, -0.2) is 9.67 Å². The summed E-state index contributed by atoms with van der Waals surface area (Å²) < 4.78 is 3.79. The van der Waals surface area contributed by atoms with Crippen molar-refractivity contribution in [2.45, 2.75) is 17.5 Å². The standard InChI is InChI=1S/C9H15N7S/c1-10-3-6-16-9(12-13-14-16)17-7-8-11-4-5-15(8)2/h4-5,10H,3,6-7H2,1-2H3. The van der Waals surface area contributed by atoms with Gasteiger partial charge in [-0.2, -0.15) is 0 Å². The molecule has 92 valence electrons. The number of nitrogens with zero attached hydrogens (tertiary/aromatic N) is 6. The number of aromatic nitrogens is 6. The third kappa shape index (κ3) is 3.04. The van der Waals surface area contributed by atoms with E-state index in [1.165, 1.54) is 0 Å². The van der Waals surface area contributed by atoms with E-state index in [4.69, 9.17) is 0 Å². The number of hydrogen-bond acceptors (Lipinski definition) is 6. The van der Waals surface area contributed by atoms with Crippen molar-refractivity contribution in [2.24, 2.45) is 7.05 Å². The fraction of sp³-hybridized carbons (Fsp3) is 0.556. The Morgan fingerprint density at radius 1 is 1.47 bits per heavy atom. The van der Waals surface area contributed by atoms with Crippen molar-refractivity contribution in [3.05, 3.63) is 18.2 Å². The van der Waals surface area contributed by atoms with Crippen LogP contribution in [0, 0.1) is 0 Å². The Morgan fingerprint density at radius 2 is 2.35 bits per heavy atom. The van der Waals surface area contributed by atoms with Gasteiger partial charge in [0.25, 0.3) is 0 Å². The number of hydrogen-bond donors (Lipinski definition) is 1. The van der Waals surface area contributed by atoms with Crippen molar-refractivity contribution in [1.82, 2.24) is 35.1 Å². The van der Waals surface area contributed by atoms with E-state index in [0.717, 1.165) is 29.8 Å². The van der Waals surface area contributed by atoms with Gasteiger partial charge in [0.05, 0.1) is 12.3 Å². The van der Waals surface area contributed by atoms with E-state index in [1.807, 2.05) is 24.9 Å². The molecule has 0 aliphatic heterocycles. The molecule has 0 fully saturated rings. The fourth-order valence-electron chi connectivity index (χ4n) is 1.32. The normalized spacial score (nSPS) is 10.9. The molecule has 2 aromatic heterocycles. The van der Waals surface area contributed by atoms with E-state index in [0.29, 0.717) is 0 Å². The van der Waals surface area contributed by atoms with Crippen LogP contribution in [0.4, 0.5) is 0 Å². The summed E-state index contributed by atoms with van der Waals surface area (Å²) in [5.74, 6) is 1.78. The van der Waals surface area contributed by atoms with Gasteiger partial charge in [0, 0.05) is 26.0 Å². The zero-order valence-electron chi connectivity index (χ0n) is 9.87. The van der Waals surface area contributed by atoms with Gasteiger partial charge in [0.2, 0.25) is 5.16 Å². The molecule has 2 rings (SSSR count). The second kappa shape index (κ2) is 5.78. The van der Waals surface area contributed by atoms with Gasteiger partial charge in [0.1, 0.15) is 5.82 Å². The lowest BCUT2D eigenvalue weighted by atomic mass is 10.6. The van der Waals surface area contributed by atoms with Gasteiger partial charge in [0.15, 0.2) is 0 Å². The lowest BCUT2D eigenvalue weighted by Gasteiger charge is -2.03. The summed E-state index contributed by atoms with van der Waals surface area (Å²) in [7, 11) is 3.89. The molecule has 0 unspecified atom stereocenters. The molecule has 17 heavy (non-hydrogen) atoms. The van der Waals surface area contributed by atoms with Crippen LogP contribution >= 0.6 is 11.8 Å². The first-order valence-electron chi connectivity index (χ1n) is 5.31. The maximum Gasteiger partial charge on any atom is 0.209 e. The monoisotopic (exact) mass is 253 g/mol. The Labute approximate surface area is 104 Å². The van der Waals surface area contributed by atoms with Gasteiger partial charge in [-0.05, 0) is 17.5 Å². The minimum absolute atomic E-state index is 0.767. The fourth-order valence-corrected chi connectivity index (χ4v) is 2.23. The molecule has 2 aromatic rings. The molecule has 0 radical (unpaired) electrons. The molecule has 8 heteroatoms. The molecule has 0 aliphatic carbocycles. The third-order valence-corrected chi connectivity index (χ3v) is 3.28. The summed E-state index contributed by atoms with van der Waals surface area (Å²) in [6.45, 7) is 1.62. The van der Waals surface area contributed by atoms with Gasteiger partial charge >= 0.3 is 0 Å². The summed E-state index contributed by atoms with van der Waals surface area (Å²) in [5, 5.41) is 15.5. The molecule has 1 N–H and O–H groups in total. The summed E-state index contributed by atoms with van der Waals surface area (Å²) in [6, 6.07) is 0. The Bertz CT molecular complexity index is 463. The van der Waals surface area contributed by atoms with Crippen LogP contribution in [0.3, 0.4) is 0 Å². The van der Waals surface area contributed by atoms with Crippen LogP contribution in [-0.2, 0) is 19.3 Å². The largest absolute Gasteiger partial charge is 0.337 e. The molecule has 0 saturated heterocycles. The zero-order valence-corrected chi connectivity index (χ0v) is 10.7. The summed E-state index contributed by atoms with van der Waals surface area (Å²) >= 11 is 1.59. The summed E-state index contributed by atoms with van der Waals surface area (Å²) in [4.78, 5) is 4.26. The first-order chi connectivity index (χ1) is 8.31. The van der Waals surface area contributed by atoms with E-state index < -0.39 is 0 Å². The lowest BCUT2D eigenvalue weighted by molar-refractivity contribution is 0.530. The molecule has 2 heterocycles. The van der Waals surface area contributed by atoms with Crippen LogP contribution in [-0.4, -0.2) is 43.4 Å². The van der Waals surface area contributed by atoms with Crippen LogP contribution in [0.15, 0.2) is 17.6 Å². The number of likely N-dealkylation sites (N-methyl/N-ethyl adjacent to an activating group) is 1. The first kappa shape index (κ1) is 12.1. The van der Waals surface area contributed by atoms with E-state index in [1.54, 1.807) is 22.6 Å². The van der Waals surface area contributed by atoms with E-state index >= 15 is 0 Å². The van der Waals surface area contributed by atoms with Crippen LogP contribution in [0.2, 0.25) is 0 Å². The number of thioether (sulfide) groups is 1. The molecule has 0 atom stereocenters. The molecular weight excluding hydrogens is 238 g/mol. The highest BCUT2D eigenvalue weighted by Crippen LogP contribution is 2.18. The molecule has 0 spiro atoms. The van der Waals surface area contributed by atoms with Crippen molar-refractivity contribution in [3.63, 3.8) is 0 Å². The number of rotatable bonds is 6. The Morgan fingerprint density at radius 3 is 3.06 bits per heavy atom. The van der Waals surface area contributed by atoms with Gasteiger partial charge in [-0.3, -0.25) is 0 Å². The van der Waals surface area contributed by atoms with Crippen molar-refractivity contribution in [3.8, 4) is 0 Å². The zero-order chi connectivity index (χ0) is 12.1. The van der Waals surface area contributed by atoms with Gasteiger partial charge < -0.3 is 9.88 Å². The molecule has 0 aliphatic rings. The predicted molar refractivity (Wildman–Crippen MR) is 64.5 cm³/mol. The molecule has 7 nitrogen and oxygen atoms in total. The second-order valence-electron chi connectivity index (χ2n) is 3.53. The number of nitrogens with one attached hydrogen (secondary N) is 1. The van der Waals surface area contributed by atoms with Crippen molar-refractivity contribution < 1.29 is 0 Å². The minimum Gasteiger partial charge on any atom is -0.337 e. The quantitative estimate of drug-likeness (QED) is 0.726. The highest BCUT2D eigenvalue weighted by molar-refractivity contribution is 7.98. The predicted octanol–water partition coefficient (Wildman–Crippen LogP) is -0.0817. The van der Waals surface area contributed by atoms with Crippen LogP contribution in [0.1, 0.15) is 5.82 Å². The van der Waals surface area contributed by atoms with Crippen LogP contribution in [0.5, 0.6) is 0 Å². The summed E-state index contributed by atoms with van der Waals surface area (Å²) in [6.07, 6.45) is 3.72. The van der Waals surface area contributed by atoms with Crippen LogP contribution in [0.25, 0.3) is 0 Å². The second-order valence-corrected chi connectivity index (χ2v) is 4.47. The average Bonchev–Trinajstić information content (AvgIpc) is 2.93. The van der Waals surface area contributed by atoms with Crippen molar-refractivity contribution >= 4 is 11.8 Å². The Balaban J connectivity index is 1.95. The van der Waals surface area contributed by atoms with Gasteiger partial charge in [-0.15, -0.1) is 5.10 Å². The molecule has 0 aromatic carbocycles.